The highest BCUT2D eigenvalue weighted by Crippen LogP contribution is 2.39. The van der Waals surface area contributed by atoms with Gasteiger partial charge in [0.2, 0.25) is 0 Å². The van der Waals surface area contributed by atoms with Gasteiger partial charge in [-0.1, -0.05) is 12.1 Å². The highest BCUT2D eigenvalue weighted by atomic mass is 35.5. The van der Waals surface area contributed by atoms with Crippen molar-refractivity contribution in [3.8, 4) is 11.5 Å². The quantitative estimate of drug-likeness (QED) is 0.877. The van der Waals surface area contributed by atoms with Crippen LogP contribution in [0.15, 0.2) is 18.2 Å². The van der Waals surface area contributed by atoms with Crippen molar-refractivity contribution < 1.29 is 18.3 Å². The first-order chi connectivity index (χ1) is 9.69. The standard InChI is InChI=1S/C14H20F2N2O2.2ClH/c1-19-11-5-3-4-10(13(11)20-2)12(14(15)16)18-8-6-17-7-9-18;;/h3-5,12,14,17H,6-9H2,1-2H3;2*1H/t12-;;/m1../s1. The van der Waals surface area contributed by atoms with E-state index in [0.29, 0.717) is 30.2 Å². The summed E-state index contributed by atoms with van der Waals surface area (Å²) in [6.07, 6.45) is -2.48. The van der Waals surface area contributed by atoms with Crippen LogP contribution in [0.25, 0.3) is 0 Å². The minimum atomic E-state index is -2.48. The van der Waals surface area contributed by atoms with Gasteiger partial charge in [-0.3, -0.25) is 4.90 Å². The first kappa shape index (κ1) is 21.2. The summed E-state index contributed by atoms with van der Waals surface area (Å²) in [7, 11) is 2.98. The molecule has 8 heteroatoms. The summed E-state index contributed by atoms with van der Waals surface area (Å²) in [5, 5.41) is 3.17. The van der Waals surface area contributed by atoms with E-state index in [9.17, 15) is 8.78 Å². The predicted octanol–water partition coefficient (Wildman–Crippen LogP) is 2.76. The van der Waals surface area contributed by atoms with Gasteiger partial charge in [0.1, 0.15) is 6.04 Å². The van der Waals surface area contributed by atoms with Crippen LogP contribution < -0.4 is 14.8 Å². The molecule has 0 unspecified atom stereocenters. The maximum absolute atomic E-state index is 13.6. The summed E-state index contributed by atoms with van der Waals surface area (Å²) in [5.74, 6) is 0.865. The van der Waals surface area contributed by atoms with Crippen molar-refractivity contribution in [3.63, 3.8) is 0 Å². The van der Waals surface area contributed by atoms with Crippen LogP contribution in [0.5, 0.6) is 11.5 Å². The maximum Gasteiger partial charge on any atom is 0.258 e. The lowest BCUT2D eigenvalue weighted by Crippen LogP contribution is -2.47. The molecule has 22 heavy (non-hydrogen) atoms. The molecule has 0 radical (unpaired) electrons. The number of para-hydroxylation sites is 1. The summed E-state index contributed by atoms with van der Waals surface area (Å²) < 4.78 is 37.6. The number of methoxy groups -OCH3 is 2. The average Bonchev–Trinajstić information content (AvgIpc) is 2.48. The normalized spacial score (nSPS) is 16.4. The van der Waals surface area contributed by atoms with E-state index < -0.39 is 12.5 Å². The Hall–Kier alpha value is -0.820. The molecule has 1 fully saturated rings. The van der Waals surface area contributed by atoms with Crippen molar-refractivity contribution in [3.05, 3.63) is 23.8 Å². The van der Waals surface area contributed by atoms with E-state index in [1.807, 2.05) is 0 Å². The molecule has 1 heterocycles. The van der Waals surface area contributed by atoms with Gasteiger partial charge in [0.15, 0.2) is 11.5 Å². The van der Waals surface area contributed by atoms with Crippen LogP contribution in [0, 0.1) is 0 Å². The Bertz CT molecular complexity index is 447. The van der Waals surface area contributed by atoms with Crippen LogP contribution in [0.4, 0.5) is 8.78 Å². The first-order valence-corrected chi connectivity index (χ1v) is 6.62. The smallest absolute Gasteiger partial charge is 0.258 e. The fraction of sp³-hybridized carbons (Fsp3) is 0.571. The number of rotatable bonds is 5. The molecule has 1 N–H and O–H groups in total. The molecule has 0 amide bonds. The Morgan fingerprint density at radius 2 is 1.73 bits per heavy atom. The van der Waals surface area contributed by atoms with Crippen molar-refractivity contribution >= 4 is 24.8 Å². The molecule has 1 aliphatic rings. The number of halogens is 4. The molecule has 1 aromatic rings. The third-order valence-electron chi connectivity index (χ3n) is 3.54. The second kappa shape index (κ2) is 10.0. The molecule has 1 atom stereocenters. The van der Waals surface area contributed by atoms with Crippen LogP contribution >= 0.6 is 24.8 Å². The lowest BCUT2D eigenvalue weighted by Gasteiger charge is -2.35. The van der Waals surface area contributed by atoms with Crippen LogP contribution in [-0.4, -0.2) is 51.7 Å². The van der Waals surface area contributed by atoms with Crippen LogP contribution in [0.1, 0.15) is 11.6 Å². The summed E-state index contributed by atoms with van der Waals surface area (Å²) in [4.78, 5) is 1.79. The van der Waals surface area contributed by atoms with Crippen LogP contribution in [0.2, 0.25) is 0 Å². The first-order valence-electron chi connectivity index (χ1n) is 6.62. The molecule has 2 rings (SSSR count). The predicted molar refractivity (Wildman–Crippen MR) is 87.2 cm³/mol. The minimum absolute atomic E-state index is 0. The van der Waals surface area contributed by atoms with E-state index in [-0.39, 0.29) is 24.8 Å². The highest BCUT2D eigenvalue weighted by Gasteiger charge is 2.33. The van der Waals surface area contributed by atoms with Crippen LogP contribution in [-0.2, 0) is 0 Å². The molecule has 1 aliphatic heterocycles. The summed E-state index contributed by atoms with van der Waals surface area (Å²) in [5.41, 5.74) is 0.476. The SMILES string of the molecule is COc1cccc([C@H](C(F)F)N2CCNCC2)c1OC.Cl.Cl. The van der Waals surface area contributed by atoms with Gasteiger partial charge in [0.25, 0.3) is 6.43 Å². The zero-order valence-corrected chi connectivity index (χ0v) is 14.2. The van der Waals surface area contributed by atoms with E-state index in [1.165, 1.54) is 14.2 Å². The van der Waals surface area contributed by atoms with E-state index in [2.05, 4.69) is 5.32 Å². The number of alkyl halides is 2. The Labute approximate surface area is 142 Å². The van der Waals surface area contributed by atoms with E-state index in [0.717, 1.165) is 13.1 Å². The molecule has 1 saturated heterocycles. The highest BCUT2D eigenvalue weighted by molar-refractivity contribution is 5.85. The average molecular weight is 359 g/mol. The molecule has 0 aliphatic carbocycles. The van der Waals surface area contributed by atoms with Gasteiger partial charge in [0, 0.05) is 31.7 Å². The third-order valence-corrected chi connectivity index (χ3v) is 3.54. The number of hydrogen-bond donors (Lipinski definition) is 1. The summed E-state index contributed by atoms with van der Waals surface area (Å²) >= 11 is 0. The lowest BCUT2D eigenvalue weighted by molar-refractivity contribution is 0.0169. The summed E-state index contributed by atoms with van der Waals surface area (Å²) in [6, 6.07) is 4.14. The topological polar surface area (TPSA) is 33.7 Å². The number of ether oxygens (including phenoxy) is 2. The maximum atomic E-state index is 13.6. The third kappa shape index (κ3) is 4.59. The summed E-state index contributed by atoms with van der Waals surface area (Å²) in [6.45, 7) is 2.62. The van der Waals surface area contributed by atoms with Gasteiger partial charge in [-0.2, -0.15) is 0 Å². The Kier molecular flexibility index (Phi) is 9.67. The molecule has 1 aromatic carbocycles. The number of piperazine rings is 1. The zero-order valence-electron chi connectivity index (χ0n) is 12.6. The van der Waals surface area contributed by atoms with Crippen molar-refractivity contribution in [2.45, 2.75) is 12.5 Å². The van der Waals surface area contributed by atoms with E-state index in [1.54, 1.807) is 23.1 Å². The second-order valence-electron chi connectivity index (χ2n) is 4.65. The van der Waals surface area contributed by atoms with Gasteiger partial charge < -0.3 is 14.8 Å². The molecular weight excluding hydrogens is 337 g/mol. The molecule has 0 spiro atoms. The number of hydrogen-bond acceptors (Lipinski definition) is 4. The van der Waals surface area contributed by atoms with Gasteiger partial charge >= 0.3 is 0 Å². The molecule has 0 aromatic heterocycles. The van der Waals surface area contributed by atoms with Gasteiger partial charge in [-0.05, 0) is 6.07 Å². The van der Waals surface area contributed by atoms with Gasteiger partial charge in [-0.25, -0.2) is 8.78 Å². The van der Waals surface area contributed by atoms with Crippen molar-refractivity contribution in [1.82, 2.24) is 10.2 Å². The van der Waals surface area contributed by atoms with Crippen molar-refractivity contribution in [1.29, 1.82) is 0 Å². The largest absolute Gasteiger partial charge is 0.493 e. The number of nitrogens with zero attached hydrogens (tertiary/aromatic N) is 1. The van der Waals surface area contributed by atoms with Gasteiger partial charge in [0.05, 0.1) is 14.2 Å². The lowest BCUT2D eigenvalue weighted by atomic mass is 10.0. The molecule has 4 nitrogen and oxygen atoms in total. The molecule has 128 valence electrons. The fourth-order valence-corrected chi connectivity index (χ4v) is 2.60. The Balaban J connectivity index is 0.00000220. The Morgan fingerprint density at radius 3 is 2.23 bits per heavy atom. The van der Waals surface area contributed by atoms with E-state index >= 15 is 0 Å². The van der Waals surface area contributed by atoms with Crippen molar-refractivity contribution in [2.24, 2.45) is 0 Å². The van der Waals surface area contributed by atoms with Gasteiger partial charge in [-0.15, -0.1) is 24.8 Å². The number of benzene rings is 1. The molecule has 0 saturated carbocycles. The van der Waals surface area contributed by atoms with E-state index in [4.69, 9.17) is 9.47 Å². The monoisotopic (exact) mass is 358 g/mol. The Morgan fingerprint density at radius 1 is 1.09 bits per heavy atom. The van der Waals surface area contributed by atoms with Crippen LogP contribution in [0.3, 0.4) is 0 Å². The molecular formula is C14H22Cl2F2N2O2. The molecule has 0 bridgehead atoms. The fourth-order valence-electron chi connectivity index (χ4n) is 2.60. The number of nitrogens with one attached hydrogen (secondary N) is 1. The second-order valence-corrected chi connectivity index (χ2v) is 4.65. The van der Waals surface area contributed by atoms with Crippen molar-refractivity contribution in [2.75, 3.05) is 40.4 Å². The zero-order chi connectivity index (χ0) is 14.5. The minimum Gasteiger partial charge on any atom is -0.493 e.